The molecule has 4 heteroatoms. The fraction of sp³-hybridized carbons (Fsp3) is 0.368. The van der Waals surface area contributed by atoms with E-state index >= 15 is 0 Å². The molecule has 0 saturated heterocycles. The maximum Gasteiger partial charge on any atom is 0.314 e. The van der Waals surface area contributed by atoms with Gasteiger partial charge in [0.1, 0.15) is 0 Å². The van der Waals surface area contributed by atoms with Crippen LogP contribution in [0.1, 0.15) is 52.5 Å². The number of ketones is 1. The van der Waals surface area contributed by atoms with Crippen molar-refractivity contribution in [2.24, 2.45) is 0 Å². The summed E-state index contributed by atoms with van der Waals surface area (Å²) in [6.07, 6.45) is 2.69. The van der Waals surface area contributed by atoms with E-state index in [1.54, 1.807) is 0 Å². The quantitative estimate of drug-likeness (QED) is 0.644. The SMILES string of the molecule is COC(=O)C1CCCCn2c(C(=O)c3cccc(C)c3)ccc21. The van der Waals surface area contributed by atoms with Gasteiger partial charge in [0, 0.05) is 17.8 Å². The Morgan fingerprint density at radius 2 is 2.00 bits per heavy atom. The van der Waals surface area contributed by atoms with Crippen LogP contribution in [0.4, 0.5) is 0 Å². The first-order valence-electron chi connectivity index (χ1n) is 8.00. The van der Waals surface area contributed by atoms with E-state index in [2.05, 4.69) is 0 Å². The molecule has 23 heavy (non-hydrogen) atoms. The smallest absolute Gasteiger partial charge is 0.314 e. The molecule has 120 valence electrons. The maximum absolute atomic E-state index is 12.9. The number of hydrogen-bond donors (Lipinski definition) is 0. The highest BCUT2D eigenvalue weighted by Gasteiger charge is 2.29. The highest BCUT2D eigenvalue weighted by atomic mass is 16.5. The summed E-state index contributed by atoms with van der Waals surface area (Å²) in [5.74, 6) is -0.493. The normalized spacial score (nSPS) is 17.2. The van der Waals surface area contributed by atoms with Crippen LogP contribution in [0.15, 0.2) is 36.4 Å². The molecular formula is C19H21NO3. The second-order valence-electron chi connectivity index (χ2n) is 6.07. The summed E-state index contributed by atoms with van der Waals surface area (Å²) in [6.45, 7) is 2.74. The number of rotatable bonds is 3. The third kappa shape index (κ3) is 2.93. The summed E-state index contributed by atoms with van der Waals surface area (Å²) in [7, 11) is 1.42. The molecule has 0 saturated carbocycles. The van der Waals surface area contributed by atoms with Crippen molar-refractivity contribution < 1.29 is 14.3 Å². The van der Waals surface area contributed by atoms with Crippen molar-refractivity contribution in [3.8, 4) is 0 Å². The third-order valence-corrected chi connectivity index (χ3v) is 4.49. The Hall–Kier alpha value is -2.36. The molecule has 1 aromatic carbocycles. The van der Waals surface area contributed by atoms with Gasteiger partial charge in [-0.1, -0.05) is 30.2 Å². The number of aryl methyl sites for hydroxylation is 1. The Morgan fingerprint density at radius 3 is 2.74 bits per heavy atom. The fourth-order valence-corrected chi connectivity index (χ4v) is 3.32. The van der Waals surface area contributed by atoms with E-state index in [0.717, 1.165) is 37.1 Å². The Bertz CT molecular complexity index is 745. The van der Waals surface area contributed by atoms with Crippen LogP contribution in [0.2, 0.25) is 0 Å². The number of carbonyl (C=O) groups excluding carboxylic acids is 2. The van der Waals surface area contributed by atoms with Crippen molar-refractivity contribution >= 4 is 11.8 Å². The van der Waals surface area contributed by atoms with E-state index in [1.165, 1.54) is 7.11 Å². The zero-order valence-electron chi connectivity index (χ0n) is 13.5. The predicted molar refractivity (Wildman–Crippen MR) is 87.7 cm³/mol. The average Bonchev–Trinajstić information content (AvgIpc) is 2.86. The lowest BCUT2D eigenvalue weighted by molar-refractivity contribution is -0.142. The van der Waals surface area contributed by atoms with Gasteiger partial charge in [-0.2, -0.15) is 0 Å². The summed E-state index contributed by atoms with van der Waals surface area (Å²) < 4.78 is 6.93. The minimum absolute atomic E-state index is 0.00506. The third-order valence-electron chi connectivity index (χ3n) is 4.49. The highest BCUT2D eigenvalue weighted by molar-refractivity contribution is 6.08. The lowest BCUT2D eigenvalue weighted by Gasteiger charge is -2.15. The molecule has 4 nitrogen and oxygen atoms in total. The van der Waals surface area contributed by atoms with Gasteiger partial charge >= 0.3 is 5.97 Å². The monoisotopic (exact) mass is 311 g/mol. The zero-order valence-corrected chi connectivity index (χ0v) is 13.5. The molecule has 1 atom stereocenters. The summed E-state index contributed by atoms with van der Waals surface area (Å²) >= 11 is 0. The highest BCUT2D eigenvalue weighted by Crippen LogP contribution is 2.30. The van der Waals surface area contributed by atoms with E-state index in [0.29, 0.717) is 11.3 Å². The molecule has 0 amide bonds. The topological polar surface area (TPSA) is 48.3 Å². The van der Waals surface area contributed by atoms with Crippen molar-refractivity contribution in [2.45, 2.75) is 38.6 Å². The number of esters is 1. The Labute approximate surface area is 136 Å². The van der Waals surface area contributed by atoms with Crippen molar-refractivity contribution in [2.75, 3.05) is 7.11 Å². The first-order chi connectivity index (χ1) is 11.1. The summed E-state index contributed by atoms with van der Waals surface area (Å²) in [5.41, 5.74) is 3.29. The van der Waals surface area contributed by atoms with Gasteiger partial charge in [-0.25, -0.2) is 0 Å². The number of benzene rings is 1. The van der Waals surface area contributed by atoms with E-state index in [1.807, 2.05) is 47.9 Å². The van der Waals surface area contributed by atoms with Gasteiger partial charge in [-0.05, 0) is 38.0 Å². The van der Waals surface area contributed by atoms with Crippen LogP contribution in [-0.4, -0.2) is 23.4 Å². The van der Waals surface area contributed by atoms with Gasteiger partial charge in [0.2, 0.25) is 5.78 Å². The number of fused-ring (bicyclic) bond motifs is 1. The maximum atomic E-state index is 12.9. The molecule has 0 N–H and O–H groups in total. The lowest BCUT2D eigenvalue weighted by atomic mass is 10.00. The zero-order chi connectivity index (χ0) is 16.4. The first kappa shape index (κ1) is 15.5. The van der Waals surface area contributed by atoms with Gasteiger partial charge in [0.25, 0.3) is 0 Å². The van der Waals surface area contributed by atoms with Gasteiger partial charge < -0.3 is 9.30 Å². The minimum atomic E-state index is -0.276. The molecule has 2 aromatic rings. The summed E-state index contributed by atoms with van der Waals surface area (Å²) in [6, 6.07) is 11.3. The second kappa shape index (κ2) is 6.41. The predicted octanol–water partition coefficient (Wildman–Crippen LogP) is 3.47. The van der Waals surface area contributed by atoms with Crippen LogP contribution in [0.5, 0.6) is 0 Å². The minimum Gasteiger partial charge on any atom is -0.469 e. The lowest BCUT2D eigenvalue weighted by Crippen LogP contribution is -2.18. The van der Waals surface area contributed by atoms with E-state index < -0.39 is 0 Å². The van der Waals surface area contributed by atoms with E-state index in [9.17, 15) is 9.59 Å². The van der Waals surface area contributed by atoms with Crippen molar-refractivity contribution in [1.82, 2.24) is 4.57 Å². The molecule has 2 heterocycles. The molecule has 0 radical (unpaired) electrons. The second-order valence-corrected chi connectivity index (χ2v) is 6.07. The Morgan fingerprint density at radius 1 is 1.17 bits per heavy atom. The van der Waals surface area contributed by atoms with Crippen LogP contribution in [0, 0.1) is 6.92 Å². The standard InChI is InChI=1S/C19H21NO3/c1-13-6-5-7-14(12-13)18(21)17-10-9-16-15(19(22)23-2)8-3-4-11-20(16)17/h5-7,9-10,12,15H,3-4,8,11H2,1-2H3. The van der Waals surface area contributed by atoms with Crippen molar-refractivity contribution in [3.05, 3.63) is 58.9 Å². The number of hydrogen-bond acceptors (Lipinski definition) is 3. The van der Waals surface area contributed by atoms with E-state index in [-0.39, 0.29) is 17.7 Å². The van der Waals surface area contributed by atoms with Crippen molar-refractivity contribution in [3.63, 3.8) is 0 Å². The van der Waals surface area contributed by atoms with Crippen molar-refractivity contribution in [1.29, 1.82) is 0 Å². The van der Waals surface area contributed by atoms with Gasteiger partial charge in [-0.3, -0.25) is 9.59 Å². The molecular weight excluding hydrogens is 290 g/mol. The molecule has 1 aliphatic rings. The summed E-state index contributed by atoms with van der Waals surface area (Å²) in [4.78, 5) is 24.9. The van der Waals surface area contributed by atoms with Gasteiger partial charge in [-0.15, -0.1) is 0 Å². The van der Waals surface area contributed by atoms with Gasteiger partial charge in [0.05, 0.1) is 18.7 Å². The Balaban J connectivity index is 2.01. The number of methoxy groups -OCH3 is 1. The van der Waals surface area contributed by atoms with E-state index in [4.69, 9.17) is 4.74 Å². The molecule has 1 aromatic heterocycles. The van der Waals surface area contributed by atoms with Gasteiger partial charge in [0.15, 0.2) is 0 Å². The number of aromatic nitrogens is 1. The van der Waals surface area contributed by atoms with Crippen LogP contribution in [0.25, 0.3) is 0 Å². The number of ether oxygens (including phenoxy) is 1. The molecule has 1 aliphatic heterocycles. The average molecular weight is 311 g/mol. The van der Waals surface area contributed by atoms with Crippen LogP contribution >= 0.6 is 0 Å². The van der Waals surface area contributed by atoms with Crippen LogP contribution in [-0.2, 0) is 16.1 Å². The Kier molecular flexibility index (Phi) is 4.33. The molecule has 1 unspecified atom stereocenters. The number of carbonyl (C=O) groups is 2. The molecule has 0 spiro atoms. The fourth-order valence-electron chi connectivity index (χ4n) is 3.32. The number of nitrogens with zero attached hydrogens (tertiary/aromatic N) is 1. The summed E-state index contributed by atoms with van der Waals surface area (Å²) in [5, 5.41) is 0. The largest absolute Gasteiger partial charge is 0.469 e. The molecule has 3 rings (SSSR count). The molecule has 0 aliphatic carbocycles. The van der Waals surface area contributed by atoms with Crippen LogP contribution < -0.4 is 0 Å². The molecule has 0 fully saturated rings. The first-order valence-corrected chi connectivity index (χ1v) is 8.00. The van der Waals surface area contributed by atoms with Crippen LogP contribution in [0.3, 0.4) is 0 Å². The molecule has 0 bridgehead atoms.